The number of nitrogens with two attached hydrogens (primary N) is 1. The summed E-state index contributed by atoms with van der Waals surface area (Å²) in [6.45, 7) is 0.419. The molecule has 0 spiro atoms. The summed E-state index contributed by atoms with van der Waals surface area (Å²) < 4.78 is 75.3. The molecule has 1 aliphatic carbocycles. The van der Waals surface area contributed by atoms with Crippen LogP contribution in [0.25, 0.3) is 5.69 Å². The molecule has 13 heteroatoms. The Bertz CT molecular complexity index is 1530. The fraction of sp³-hybridized carbons (Fsp3) is 0.407. The van der Waals surface area contributed by atoms with Crippen LogP contribution in [0.3, 0.4) is 0 Å². The first-order valence-electron chi connectivity index (χ1n) is 12.9. The van der Waals surface area contributed by atoms with Crippen LogP contribution < -0.4 is 20.9 Å². The van der Waals surface area contributed by atoms with Crippen molar-refractivity contribution in [3.05, 3.63) is 76.2 Å². The van der Waals surface area contributed by atoms with Gasteiger partial charge in [-0.3, -0.25) is 9.18 Å². The largest absolute Gasteiger partial charge is 0.486 e. The molecule has 2 fully saturated rings. The Morgan fingerprint density at radius 1 is 1.02 bits per heavy atom. The first-order chi connectivity index (χ1) is 19.1. The fourth-order valence-corrected chi connectivity index (χ4v) is 6.33. The molecule has 1 aliphatic heterocycles. The number of hydrogen-bond acceptors (Lipinski definition) is 7. The maximum Gasteiger partial charge on any atom is 0.316 e. The number of benzene rings is 2. The van der Waals surface area contributed by atoms with E-state index < -0.39 is 39.3 Å². The van der Waals surface area contributed by atoms with E-state index in [1.807, 2.05) is 0 Å². The second kappa shape index (κ2) is 11.1. The van der Waals surface area contributed by atoms with Crippen molar-refractivity contribution < 1.29 is 26.3 Å². The third kappa shape index (κ3) is 6.09. The average molecular weight is 578 g/mol. The van der Waals surface area contributed by atoms with E-state index in [4.69, 9.17) is 10.5 Å². The number of ether oxygens (including phenoxy) is 1. The molecule has 2 heterocycles. The highest BCUT2D eigenvalue weighted by Crippen LogP contribution is 2.49. The topological polar surface area (TPSA) is 111 Å². The average Bonchev–Trinajstić information content (AvgIpc) is 3.69. The van der Waals surface area contributed by atoms with Gasteiger partial charge in [0.2, 0.25) is 15.8 Å². The van der Waals surface area contributed by atoms with Crippen LogP contribution in [0.4, 0.5) is 24.5 Å². The van der Waals surface area contributed by atoms with Crippen molar-refractivity contribution in [1.82, 2.24) is 14.1 Å². The van der Waals surface area contributed by atoms with Crippen molar-refractivity contribution in [2.24, 2.45) is 5.41 Å². The molecule has 214 valence electrons. The highest BCUT2D eigenvalue weighted by atomic mass is 32.2. The first kappa shape index (κ1) is 28.0. The normalized spacial score (nSPS) is 17.1. The number of nitrogen functional groups attached to an aromatic ring is 1. The van der Waals surface area contributed by atoms with Gasteiger partial charge in [0.25, 0.3) is 0 Å². The van der Waals surface area contributed by atoms with Crippen LogP contribution in [0, 0.1) is 17.0 Å². The SMILES string of the molecule is Nc1cccc(CS(=O)(=O)N2CCN(c3cnn(-c4cc(F)cc(F)c4)c(=O)c3OCCC3(CF)CC3)CC2)c1. The third-order valence-electron chi connectivity index (χ3n) is 7.40. The predicted octanol–water partition coefficient (Wildman–Crippen LogP) is 3.26. The second-order valence-electron chi connectivity index (χ2n) is 10.3. The Balaban J connectivity index is 1.37. The maximum atomic E-state index is 13.9. The van der Waals surface area contributed by atoms with Gasteiger partial charge in [-0.25, -0.2) is 17.2 Å². The van der Waals surface area contributed by atoms with E-state index in [2.05, 4.69) is 5.10 Å². The number of hydrogen-bond donors (Lipinski definition) is 1. The highest BCUT2D eigenvalue weighted by Gasteiger charge is 2.42. The van der Waals surface area contributed by atoms with Crippen LogP contribution in [-0.2, 0) is 15.8 Å². The first-order valence-corrected chi connectivity index (χ1v) is 14.5. The summed E-state index contributed by atoms with van der Waals surface area (Å²) in [5.74, 6) is -2.02. The second-order valence-corrected chi connectivity index (χ2v) is 12.3. The zero-order chi connectivity index (χ0) is 28.5. The Labute approximate surface area is 230 Å². The number of halogens is 3. The van der Waals surface area contributed by atoms with Gasteiger partial charge in [0.15, 0.2) is 0 Å². The minimum Gasteiger partial charge on any atom is -0.486 e. The fourth-order valence-electron chi connectivity index (χ4n) is 4.82. The summed E-state index contributed by atoms with van der Waals surface area (Å²) in [4.78, 5) is 15.3. The number of alkyl halides is 1. The van der Waals surface area contributed by atoms with Gasteiger partial charge in [0.1, 0.15) is 17.3 Å². The summed E-state index contributed by atoms with van der Waals surface area (Å²) in [5, 5.41) is 4.13. The lowest BCUT2D eigenvalue weighted by molar-refractivity contribution is 0.236. The van der Waals surface area contributed by atoms with Crippen LogP contribution in [0.15, 0.2) is 53.5 Å². The molecule has 40 heavy (non-hydrogen) atoms. The van der Waals surface area contributed by atoms with Crippen molar-refractivity contribution in [3.8, 4) is 11.4 Å². The lowest BCUT2D eigenvalue weighted by atomic mass is 10.1. The molecule has 9 nitrogen and oxygen atoms in total. The van der Waals surface area contributed by atoms with Crippen molar-refractivity contribution >= 4 is 21.4 Å². The zero-order valence-corrected chi connectivity index (χ0v) is 22.5. The molecule has 2 aliphatic rings. The van der Waals surface area contributed by atoms with Gasteiger partial charge in [0.05, 0.1) is 30.9 Å². The molecule has 0 radical (unpaired) electrons. The van der Waals surface area contributed by atoms with E-state index in [9.17, 15) is 26.4 Å². The summed E-state index contributed by atoms with van der Waals surface area (Å²) in [6, 6.07) is 9.35. The summed E-state index contributed by atoms with van der Waals surface area (Å²) in [7, 11) is -3.62. The Kier molecular flexibility index (Phi) is 7.78. The number of aromatic nitrogens is 2. The molecule has 1 aromatic heterocycles. The lowest BCUT2D eigenvalue weighted by Crippen LogP contribution is -2.49. The molecular formula is C27H30F3N5O4S. The number of sulfonamides is 1. The molecular weight excluding hydrogens is 547 g/mol. The molecule has 1 saturated heterocycles. The summed E-state index contributed by atoms with van der Waals surface area (Å²) in [5.41, 5.74) is 5.90. The predicted molar refractivity (Wildman–Crippen MR) is 145 cm³/mol. The monoisotopic (exact) mass is 577 g/mol. The van der Waals surface area contributed by atoms with Gasteiger partial charge >= 0.3 is 5.56 Å². The number of rotatable bonds is 10. The quantitative estimate of drug-likeness (QED) is 0.369. The lowest BCUT2D eigenvalue weighted by Gasteiger charge is -2.35. The summed E-state index contributed by atoms with van der Waals surface area (Å²) in [6.07, 6.45) is 3.26. The van der Waals surface area contributed by atoms with Crippen molar-refractivity contribution in [1.29, 1.82) is 0 Å². The minimum atomic E-state index is -3.62. The molecule has 0 amide bonds. The van der Waals surface area contributed by atoms with E-state index in [0.29, 0.717) is 29.4 Å². The van der Waals surface area contributed by atoms with Gasteiger partial charge in [-0.15, -0.1) is 0 Å². The van der Waals surface area contributed by atoms with E-state index >= 15 is 0 Å². The van der Waals surface area contributed by atoms with Crippen molar-refractivity contribution in [2.75, 3.05) is 50.1 Å². The number of anilines is 2. The van der Waals surface area contributed by atoms with Crippen LogP contribution in [-0.4, -0.2) is 62.0 Å². The van der Waals surface area contributed by atoms with Crippen LogP contribution in [0.5, 0.6) is 5.75 Å². The molecule has 2 N–H and O–H groups in total. The Morgan fingerprint density at radius 3 is 2.35 bits per heavy atom. The zero-order valence-electron chi connectivity index (χ0n) is 21.7. The van der Waals surface area contributed by atoms with Gasteiger partial charge in [-0.2, -0.15) is 14.1 Å². The number of nitrogens with zero attached hydrogens (tertiary/aromatic N) is 4. The van der Waals surface area contributed by atoms with Crippen LogP contribution in [0.2, 0.25) is 0 Å². The van der Waals surface area contributed by atoms with E-state index in [-0.39, 0.29) is 50.0 Å². The van der Waals surface area contributed by atoms with Gasteiger partial charge < -0.3 is 15.4 Å². The molecule has 0 bridgehead atoms. The van der Waals surface area contributed by atoms with Crippen molar-refractivity contribution in [2.45, 2.75) is 25.0 Å². The number of piperazine rings is 1. The van der Waals surface area contributed by atoms with Gasteiger partial charge in [0, 0.05) is 43.3 Å². The Morgan fingerprint density at radius 2 is 1.73 bits per heavy atom. The molecule has 5 rings (SSSR count). The Hall–Kier alpha value is -3.58. The van der Waals surface area contributed by atoms with Crippen LogP contribution >= 0.6 is 0 Å². The molecule has 2 aromatic carbocycles. The summed E-state index contributed by atoms with van der Waals surface area (Å²) >= 11 is 0. The maximum absolute atomic E-state index is 13.9. The molecule has 0 atom stereocenters. The smallest absolute Gasteiger partial charge is 0.316 e. The minimum absolute atomic E-state index is 0.0717. The van der Waals surface area contributed by atoms with Crippen LogP contribution in [0.1, 0.15) is 24.8 Å². The van der Waals surface area contributed by atoms with Crippen molar-refractivity contribution in [3.63, 3.8) is 0 Å². The standard InChI is InChI=1S/C27H30F3N5O4S/c28-18-27(4-5-27)6-11-39-25-24(16-32-35(26(25)36)23-14-20(29)13-21(30)15-23)33-7-9-34(10-8-33)40(37,38)17-19-2-1-3-22(31)12-19/h1-3,12-16H,4-11,17-18,31H2. The molecule has 1 saturated carbocycles. The third-order valence-corrected chi connectivity index (χ3v) is 9.25. The highest BCUT2D eigenvalue weighted by molar-refractivity contribution is 7.88. The van der Waals surface area contributed by atoms with E-state index in [0.717, 1.165) is 29.7 Å². The molecule has 3 aromatic rings. The van der Waals surface area contributed by atoms with E-state index in [1.165, 1.54) is 10.5 Å². The molecule has 0 unspecified atom stereocenters. The van der Waals surface area contributed by atoms with Gasteiger partial charge in [-0.05, 0) is 49.1 Å². The van der Waals surface area contributed by atoms with Gasteiger partial charge in [-0.1, -0.05) is 12.1 Å². The van der Waals surface area contributed by atoms with E-state index in [1.54, 1.807) is 29.2 Å².